The summed E-state index contributed by atoms with van der Waals surface area (Å²) in [7, 11) is 0. The Morgan fingerprint density at radius 1 is 1.24 bits per heavy atom. The quantitative estimate of drug-likeness (QED) is 0.436. The van der Waals surface area contributed by atoms with Gasteiger partial charge in [0, 0.05) is 21.8 Å². The maximum absolute atomic E-state index is 12.8. The molecule has 0 unspecified atom stereocenters. The zero-order chi connectivity index (χ0) is 23.4. The van der Waals surface area contributed by atoms with E-state index in [0.717, 1.165) is 34.5 Å². The van der Waals surface area contributed by atoms with Gasteiger partial charge in [-0.1, -0.05) is 29.8 Å². The maximum Gasteiger partial charge on any atom is 0.255 e. The molecule has 3 aromatic rings. The van der Waals surface area contributed by atoms with Gasteiger partial charge in [0.05, 0.1) is 23.8 Å². The van der Waals surface area contributed by atoms with Crippen molar-refractivity contribution in [2.45, 2.75) is 44.1 Å². The number of halogens is 1. The van der Waals surface area contributed by atoms with E-state index in [-0.39, 0.29) is 12.6 Å². The summed E-state index contributed by atoms with van der Waals surface area (Å²) in [4.78, 5) is 31.8. The number of nitrogens with zero attached hydrogens (tertiary/aromatic N) is 2. The first-order chi connectivity index (χ1) is 15.9. The van der Waals surface area contributed by atoms with Gasteiger partial charge in [-0.05, 0) is 47.9 Å². The van der Waals surface area contributed by atoms with Crippen LogP contribution in [0, 0.1) is 0 Å². The van der Waals surface area contributed by atoms with E-state index < -0.39 is 24.0 Å². The SMILES string of the molecule is O=C(NCc1cc(Cc2ccccc2Cl)cs1)[C@H](O)[C@@H](O)C(=O)N1CCC[C@@H]1c1cscn1. The van der Waals surface area contributed by atoms with E-state index in [1.807, 2.05) is 41.1 Å². The molecule has 1 saturated heterocycles. The second kappa shape index (κ2) is 10.8. The Kier molecular flexibility index (Phi) is 7.77. The smallest absolute Gasteiger partial charge is 0.255 e. The molecule has 33 heavy (non-hydrogen) atoms. The van der Waals surface area contributed by atoms with Crippen molar-refractivity contribution in [2.24, 2.45) is 0 Å². The second-order valence-electron chi connectivity index (χ2n) is 7.90. The summed E-state index contributed by atoms with van der Waals surface area (Å²) < 4.78 is 0. The van der Waals surface area contributed by atoms with Gasteiger partial charge in [0.1, 0.15) is 0 Å². The largest absolute Gasteiger partial charge is 0.380 e. The van der Waals surface area contributed by atoms with Gasteiger partial charge in [-0.3, -0.25) is 9.59 Å². The molecule has 1 aromatic carbocycles. The molecule has 3 heterocycles. The Balaban J connectivity index is 1.31. The van der Waals surface area contributed by atoms with E-state index in [0.29, 0.717) is 18.0 Å². The number of rotatable bonds is 8. The fraction of sp³-hybridized carbons (Fsp3) is 0.348. The lowest BCUT2D eigenvalue weighted by molar-refractivity contribution is -0.153. The highest BCUT2D eigenvalue weighted by molar-refractivity contribution is 7.10. The van der Waals surface area contributed by atoms with Crippen molar-refractivity contribution in [2.75, 3.05) is 6.54 Å². The maximum atomic E-state index is 12.8. The first-order valence-electron chi connectivity index (χ1n) is 10.6. The zero-order valence-corrected chi connectivity index (χ0v) is 20.1. The standard InChI is InChI=1S/C23H24ClN3O4S2/c24-17-5-2-1-4-15(17)8-14-9-16(33-11-14)10-25-22(30)20(28)21(29)23(31)27-7-3-6-19(27)18-12-32-13-26-18/h1-2,4-5,9,11-13,19-21,28-29H,3,6-8,10H2,(H,25,30)/t19-,20-,21-/m1/s1. The van der Waals surface area contributed by atoms with E-state index >= 15 is 0 Å². The number of nitrogens with one attached hydrogen (secondary N) is 1. The average Bonchev–Trinajstić information content (AvgIpc) is 3.59. The summed E-state index contributed by atoms with van der Waals surface area (Å²) in [6.07, 6.45) is -1.49. The monoisotopic (exact) mass is 505 g/mol. The molecule has 2 aromatic heterocycles. The van der Waals surface area contributed by atoms with Crippen LogP contribution in [0.25, 0.3) is 0 Å². The summed E-state index contributed by atoms with van der Waals surface area (Å²) in [5, 5.41) is 27.9. The molecule has 0 radical (unpaired) electrons. The van der Waals surface area contributed by atoms with Crippen LogP contribution in [0.4, 0.5) is 0 Å². The lowest BCUT2D eigenvalue weighted by Gasteiger charge is -2.27. The normalized spacial score (nSPS) is 17.7. The lowest BCUT2D eigenvalue weighted by Crippen LogP contribution is -2.50. The van der Waals surface area contributed by atoms with Crippen LogP contribution in [0.5, 0.6) is 0 Å². The van der Waals surface area contributed by atoms with Crippen LogP contribution >= 0.6 is 34.3 Å². The molecule has 4 rings (SSSR count). The highest BCUT2D eigenvalue weighted by Gasteiger charge is 2.39. The van der Waals surface area contributed by atoms with E-state index in [1.165, 1.54) is 27.6 Å². The van der Waals surface area contributed by atoms with Gasteiger partial charge >= 0.3 is 0 Å². The van der Waals surface area contributed by atoms with Crippen LogP contribution in [0.15, 0.2) is 46.6 Å². The van der Waals surface area contributed by atoms with Crippen molar-refractivity contribution in [1.29, 1.82) is 0 Å². The number of thiophene rings is 1. The van der Waals surface area contributed by atoms with Crippen LogP contribution in [0.2, 0.25) is 5.02 Å². The van der Waals surface area contributed by atoms with E-state index in [9.17, 15) is 19.8 Å². The number of aliphatic hydroxyl groups is 2. The number of thiazole rings is 1. The first-order valence-corrected chi connectivity index (χ1v) is 12.8. The highest BCUT2D eigenvalue weighted by atomic mass is 35.5. The van der Waals surface area contributed by atoms with E-state index in [1.54, 1.807) is 5.51 Å². The van der Waals surface area contributed by atoms with Gasteiger partial charge in [-0.25, -0.2) is 4.98 Å². The molecule has 7 nitrogen and oxygen atoms in total. The minimum atomic E-state index is -1.85. The topological polar surface area (TPSA) is 103 Å². The van der Waals surface area contributed by atoms with Crippen molar-refractivity contribution < 1.29 is 19.8 Å². The number of hydrogen-bond acceptors (Lipinski definition) is 7. The molecule has 174 valence electrons. The predicted octanol–water partition coefficient (Wildman–Crippen LogP) is 3.15. The van der Waals surface area contributed by atoms with Crippen LogP contribution in [0.3, 0.4) is 0 Å². The third-order valence-corrected chi connectivity index (χ3v) is 7.61. The number of likely N-dealkylation sites (tertiary alicyclic amines) is 1. The Labute approximate surface area is 204 Å². The Bertz CT molecular complexity index is 1100. The number of aromatic nitrogens is 1. The van der Waals surface area contributed by atoms with Crippen molar-refractivity contribution in [3.05, 3.63) is 73.3 Å². The molecule has 10 heteroatoms. The Morgan fingerprint density at radius 2 is 2.06 bits per heavy atom. The van der Waals surface area contributed by atoms with Gasteiger partial charge in [0.2, 0.25) is 0 Å². The summed E-state index contributed by atoms with van der Waals surface area (Å²) in [5.74, 6) is -1.45. The second-order valence-corrected chi connectivity index (χ2v) is 10.0. The van der Waals surface area contributed by atoms with Gasteiger partial charge in [-0.15, -0.1) is 22.7 Å². The number of aliphatic hydroxyl groups excluding tert-OH is 2. The number of carbonyl (C=O) groups excluding carboxylic acids is 2. The average molecular weight is 506 g/mol. The number of carbonyl (C=O) groups is 2. The third kappa shape index (κ3) is 5.62. The summed E-state index contributed by atoms with van der Waals surface area (Å²) in [6, 6.07) is 9.36. The van der Waals surface area contributed by atoms with Gasteiger partial charge < -0.3 is 20.4 Å². The van der Waals surface area contributed by atoms with Crippen LogP contribution < -0.4 is 5.32 Å². The van der Waals surface area contributed by atoms with Crippen LogP contribution in [-0.4, -0.2) is 50.7 Å². The fourth-order valence-corrected chi connectivity index (χ4v) is 5.56. The number of benzene rings is 1. The molecule has 0 bridgehead atoms. The Morgan fingerprint density at radius 3 is 2.82 bits per heavy atom. The molecular weight excluding hydrogens is 482 g/mol. The predicted molar refractivity (Wildman–Crippen MR) is 128 cm³/mol. The van der Waals surface area contributed by atoms with E-state index in [2.05, 4.69) is 10.3 Å². The summed E-state index contributed by atoms with van der Waals surface area (Å²) in [6.45, 7) is 0.644. The third-order valence-electron chi connectivity index (χ3n) is 5.65. The molecule has 1 aliphatic heterocycles. The molecule has 0 spiro atoms. The van der Waals surface area contributed by atoms with Crippen molar-refractivity contribution in [1.82, 2.24) is 15.2 Å². The van der Waals surface area contributed by atoms with E-state index in [4.69, 9.17) is 11.6 Å². The van der Waals surface area contributed by atoms with Crippen molar-refractivity contribution in [3.8, 4) is 0 Å². The van der Waals surface area contributed by atoms with Gasteiger partial charge in [0.15, 0.2) is 12.2 Å². The minimum Gasteiger partial charge on any atom is -0.380 e. The summed E-state index contributed by atoms with van der Waals surface area (Å²) >= 11 is 9.14. The zero-order valence-electron chi connectivity index (χ0n) is 17.7. The van der Waals surface area contributed by atoms with Crippen molar-refractivity contribution >= 4 is 46.1 Å². The number of amides is 2. The Hall–Kier alpha value is -2.30. The van der Waals surface area contributed by atoms with Crippen LogP contribution in [0.1, 0.15) is 40.6 Å². The lowest BCUT2D eigenvalue weighted by atomic mass is 10.1. The van der Waals surface area contributed by atoms with Gasteiger partial charge in [0.25, 0.3) is 11.8 Å². The molecular formula is C23H24ClN3O4S2. The van der Waals surface area contributed by atoms with Crippen molar-refractivity contribution in [3.63, 3.8) is 0 Å². The van der Waals surface area contributed by atoms with Crippen LogP contribution in [-0.2, 0) is 22.6 Å². The molecule has 1 fully saturated rings. The molecule has 0 aliphatic carbocycles. The number of hydrogen-bond donors (Lipinski definition) is 3. The molecule has 3 atom stereocenters. The highest BCUT2D eigenvalue weighted by Crippen LogP contribution is 2.32. The molecule has 0 saturated carbocycles. The molecule has 1 aliphatic rings. The fourth-order valence-electron chi connectivity index (χ4n) is 3.92. The minimum absolute atomic E-state index is 0.190. The summed E-state index contributed by atoms with van der Waals surface area (Å²) in [5.41, 5.74) is 4.54. The molecule has 3 N–H and O–H groups in total. The van der Waals surface area contributed by atoms with Gasteiger partial charge in [-0.2, -0.15) is 0 Å². The first kappa shape index (κ1) is 23.8. The molecule has 2 amide bonds.